The number of phenolic OH excluding ortho intramolecular Hbond substituents is 1. The Morgan fingerprint density at radius 1 is 0.925 bits per heavy atom. The van der Waals surface area contributed by atoms with Crippen LogP contribution in [0.1, 0.15) is 101 Å². The summed E-state index contributed by atoms with van der Waals surface area (Å²) < 4.78 is 20.6. The third-order valence-corrected chi connectivity index (χ3v) is 7.34. The van der Waals surface area contributed by atoms with Crippen molar-refractivity contribution in [3.05, 3.63) is 24.3 Å². The van der Waals surface area contributed by atoms with Gasteiger partial charge < -0.3 is 24.1 Å². The van der Waals surface area contributed by atoms with Crippen molar-refractivity contribution in [1.29, 1.82) is 0 Å². The predicted octanol–water partition coefficient (Wildman–Crippen LogP) is 7.11. The molecular weight excluding hydrogens is 512 g/mol. The molecule has 1 saturated heterocycles. The van der Waals surface area contributed by atoms with Crippen LogP contribution in [0.25, 0.3) is 0 Å². The normalized spacial score (nSPS) is 15.0. The Labute approximate surface area is 242 Å². The summed E-state index contributed by atoms with van der Waals surface area (Å²) in [5.41, 5.74) is -0.360. The first-order valence-electron chi connectivity index (χ1n) is 14.7. The molecule has 1 N–H and O–H groups in total. The van der Waals surface area contributed by atoms with Crippen LogP contribution in [-0.4, -0.2) is 49.4 Å². The molecule has 8 nitrogen and oxygen atoms in total. The lowest BCUT2D eigenvalue weighted by atomic mass is 9.84. The number of carbonyl (C=O) groups is 3. The first kappa shape index (κ1) is 37.4. The van der Waals surface area contributed by atoms with E-state index in [4.69, 9.17) is 24.1 Å². The molecule has 2 unspecified atom stereocenters. The molecule has 0 aromatic heterocycles. The minimum atomic E-state index is -0.474. The molecule has 2 rings (SSSR count). The smallest absolute Gasteiger partial charge is 0.316 e. The number of hydrogen-bond acceptors (Lipinski definition) is 8. The van der Waals surface area contributed by atoms with E-state index in [0.29, 0.717) is 19.0 Å². The van der Waals surface area contributed by atoms with Gasteiger partial charge in [-0.25, -0.2) is 0 Å². The van der Waals surface area contributed by atoms with Gasteiger partial charge in [-0.1, -0.05) is 54.9 Å². The number of hydrogen-bond donors (Lipinski definition) is 1. The zero-order chi connectivity index (χ0) is 30.8. The lowest BCUT2D eigenvalue weighted by molar-refractivity contribution is -0.173. The number of phenols is 1. The van der Waals surface area contributed by atoms with Gasteiger partial charge in [0, 0.05) is 0 Å². The lowest BCUT2D eigenvalue weighted by Gasteiger charge is -2.40. The SMILES string of the molecule is CCC(C)(C)C(=O)Oc1ccc(O)cc1.CCC(C)C(=O)OCC1(CC)COC1.CCCCOC(=O)C(C)CC. The van der Waals surface area contributed by atoms with Crippen molar-refractivity contribution in [2.45, 2.75) is 101 Å². The zero-order valence-corrected chi connectivity index (χ0v) is 26.3. The molecule has 1 heterocycles. The molecule has 2 atom stereocenters. The summed E-state index contributed by atoms with van der Waals surface area (Å²) in [5, 5.41) is 9.06. The largest absolute Gasteiger partial charge is 0.508 e. The van der Waals surface area contributed by atoms with Gasteiger partial charge in [-0.15, -0.1) is 0 Å². The number of rotatable bonds is 13. The molecule has 1 aromatic rings. The zero-order valence-electron chi connectivity index (χ0n) is 26.3. The summed E-state index contributed by atoms with van der Waals surface area (Å²) in [5.74, 6) is 0.310. The van der Waals surface area contributed by atoms with E-state index in [0.717, 1.165) is 51.7 Å². The van der Waals surface area contributed by atoms with E-state index in [-0.39, 0.29) is 40.9 Å². The number of esters is 3. The van der Waals surface area contributed by atoms with Crippen LogP contribution in [0, 0.1) is 22.7 Å². The second-order valence-electron chi connectivity index (χ2n) is 11.2. The number of unbranched alkanes of at least 4 members (excludes halogenated alkanes) is 1. The Hall–Kier alpha value is -2.61. The summed E-state index contributed by atoms with van der Waals surface area (Å²) in [6.45, 7) is 20.2. The van der Waals surface area contributed by atoms with E-state index in [1.165, 1.54) is 12.1 Å². The molecular formula is C32H54O8. The average molecular weight is 567 g/mol. The van der Waals surface area contributed by atoms with Crippen molar-refractivity contribution in [2.24, 2.45) is 22.7 Å². The highest BCUT2D eigenvalue weighted by molar-refractivity contribution is 5.78. The maximum Gasteiger partial charge on any atom is 0.316 e. The van der Waals surface area contributed by atoms with Crippen LogP contribution in [0.4, 0.5) is 0 Å². The first-order valence-corrected chi connectivity index (χ1v) is 14.7. The van der Waals surface area contributed by atoms with Gasteiger partial charge in [-0.2, -0.15) is 0 Å². The fraction of sp³-hybridized carbons (Fsp3) is 0.719. The third-order valence-electron chi connectivity index (χ3n) is 7.34. The van der Waals surface area contributed by atoms with Gasteiger partial charge >= 0.3 is 17.9 Å². The topological polar surface area (TPSA) is 108 Å². The quantitative estimate of drug-likeness (QED) is 0.153. The van der Waals surface area contributed by atoms with E-state index in [1.54, 1.807) is 12.1 Å². The van der Waals surface area contributed by atoms with Gasteiger partial charge in [0.1, 0.15) is 18.1 Å². The Morgan fingerprint density at radius 3 is 1.85 bits per heavy atom. The molecule has 1 aromatic carbocycles. The minimum absolute atomic E-state index is 0.0184. The van der Waals surface area contributed by atoms with Gasteiger partial charge in [0.2, 0.25) is 0 Å². The van der Waals surface area contributed by atoms with E-state index in [1.807, 2.05) is 48.5 Å². The highest BCUT2D eigenvalue weighted by atomic mass is 16.6. The van der Waals surface area contributed by atoms with Crippen LogP contribution in [-0.2, 0) is 28.6 Å². The minimum Gasteiger partial charge on any atom is -0.508 e. The van der Waals surface area contributed by atoms with Gasteiger partial charge in [0.15, 0.2) is 0 Å². The van der Waals surface area contributed by atoms with Gasteiger partial charge in [-0.3, -0.25) is 14.4 Å². The Morgan fingerprint density at radius 2 is 1.45 bits per heavy atom. The van der Waals surface area contributed by atoms with Crippen LogP contribution >= 0.6 is 0 Å². The number of benzene rings is 1. The second kappa shape index (κ2) is 19.5. The highest BCUT2D eigenvalue weighted by Gasteiger charge is 2.38. The van der Waals surface area contributed by atoms with Crippen molar-refractivity contribution in [1.82, 2.24) is 0 Å². The van der Waals surface area contributed by atoms with Crippen molar-refractivity contribution < 1.29 is 38.4 Å². The van der Waals surface area contributed by atoms with Crippen molar-refractivity contribution >= 4 is 17.9 Å². The molecule has 1 fully saturated rings. The third kappa shape index (κ3) is 14.1. The molecule has 0 bridgehead atoms. The number of aromatic hydroxyl groups is 1. The van der Waals surface area contributed by atoms with E-state index >= 15 is 0 Å². The average Bonchev–Trinajstić information content (AvgIpc) is 2.93. The van der Waals surface area contributed by atoms with E-state index < -0.39 is 5.41 Å². The summed E-state index contributed by atoms with van der Waals surface area (Å²) in [4.78, 5) is 34.1. The molecule has 0 amide bonds. The maximum absolute atomic E-state index is 11.7. The molecule has 1 aliphatic heterocycles. The Kier molecular flexibility index (Phi) is 18.2. The molecule has 1 aliphatic rings. The number of carbonyl (C=O) groups excluding carboxylic acids is 3. The molecule has 8 heteroatoms. The Bertz CT molecular complexity index is 853. The fourth-order valence-corrected chi connectivity index (χ4v) is 2.84. The standard InChI is InChI=1S/C12H16O3.C11H20O3.C9H18O2/c1-4-12(2,3)11(14)15-10-7-5-9(13)6-8-10;1-4-9(3)10(12)14-8-11(5-2)6-13-7-11;1-4-6-7-11-9(10)8(3)5-2/h5-8,13H,4H2,1-3H3;9H,4-8H2,1-3H3;8H,4-7H2,1-3H3. The molecule has 0 spiro atoms. The van der Waals surface area contributed by atoms with Crippen LogP contribution in [0.5, 0.6) is 11.5 Å². The van der Waals surface area contributed by atoms with Gasteiger partial charge in [0.05, 0.1) is 42.5 Å². The van der Waals surface area contributed by atoms with Crippen LogP contribution in [0.15, 0.2) is 24.3 Å². The van der Waals surface area contributed by atoms with Crippen LogP contribution in [0.2, 0.25) is 0 Å². The predicted molar refractivity (Wildman–Crippen MR) is 157 cm³/mol. The molecule has 40 heavy (non-hydrogen) atoms. The summed E-state index contributed by atoms with van der Waals surface area (Å²) in [6.07, 6.45) is 5.50. The molecule has 0 aliphatic carbocycles. The maximum atomic E-state index is 11.7. The number of ether oxygens (including phenoxy) is 4. The van der Waals surface area contributed by atoms with Gasteiger partial charge in [0.25, 0.3) is 0 Å². The fourth-order valence-electron chi connectivity index (χ4n) is 2.84. The summed E-state index contributed by atoms with van der Waals surface area (Å²) in [7, 11) is 0. The second-order valence-corrected chi connectivity index (χ2v) is 11.2. The van der Waals surface area contributed by atoms with Crippen LogP contribution in [0.3, 0.4) is 0 Å². The van der Waals surface area contributed by atoms with Crippen molar-refractivity contribution in [3.8, 4) is 11.5 Å². The lowest BCUT2D eigenvalue weighted by Crippen LogP contribution is -2.46. The highest BCUT2D eigenvalue weighted by Crippen LogP contribution is 2.31. The van der Waals surface area contributed by atoms with E-state index in [2.05, 4.69) is 13.8 Å². The molecule has 0 saturated carbocycles. The van der Waals surface area contributed by atoms with Crippen molar-refractivity contribution in [3.63, 3.8) is 0 Å². The molecule has 230 valence electrons. The van der Waals surface area contributed by atoms with Gasteiger partial charge in [-0.05, 0) is 70.2 Å². The summed E-state index contributed by atoms with van der Waals surface area (Å²) >= 11 is 0. The molecule has 0 radical (unpaired) electrons. The van der Waals surface area contributed by atoms with Crippen LogP contribution < -0.4 is 4.74 Å². The monoisotopic (exact) mass is 566 g/mol. The Balaban J connectivity index is 0.000000578. The van der Waals surface area contributed by atoms with E-state index in [9.17, 15) is 14.4 Å². The van der Waals surface area contributed by atoms with Crippen molar-refractivity contribution in [2.75, 3.05) is 26.4 Å². The summed E-state index contributed by atoms with van der Waals surface area (Å²) in [6, 6.07) is 6.11. The first-order chi connectivity index (χ1) is 18.8.